The van der Waals surface area contributed by atoms with Gasteiger partial charge in [-0.15, -0.1) is 23.7 Å². The minimum Gasteiger partial charge on any atom is -0.350 e. The fourth-order valence-corrected chi connectivity index (χ4v) is 3.57. The van der Waals surface area contributed by atoms with Gasteiger partial charge in [-0.3, -0.25) is 4.79 Å². The predicted octanol–water partition coefficient (Wildman–Crippen LogP) is 3.49. The average Bonchev–Trinajstić information content (AvgIpc) is 3.18. The molecule has 1 unspecified atom stereocenters. The van der Waals surface area contributed by atoms with Crippen LogP contribution in [-0.2, 0) is 0 Å². The molecule has 1 amide bonds. The van der Waals surface area contributed by atoms with Gasteiger partial charge in [-0.25, -0.2) is 4.68 Å². The normalized spacial score (nSPS) is 14.5. The number of rotatable bonds is 6. The summed E-state index contributed by atoms with van der Waals surface area (Å²) in [5.41, 5.74) is 8.31. The summed E-state index contributed by atoms with van der Waals surface area (Å²) < 4.78 is 1.75. The maximum absolute atomic E-state index is 12.7. The van der Waals surface area contributed by atoms with Crippen molar-refractivity contribution in [2.75, 3.05) is 6.54 Å². The lowest BCUT2D eigenvalue weighted by Gasteiger charge is -2.11. The monoisotopic (exact) mass is 388 g/mol. The number of para-hydroxylation sites is 1. The molecular weight excluding hydrogens is 368 g/mol. The Bertz CT molecular complexity index is 859. The van der Waals surface area contributed by atoms with E-state index in [1.54, 1.807) is 22.2 Å². The number of thiophene rings is 1. The van der Waals surface area contributed by atoms with Crippen LogP contribution >= 0.6 is 23.7 Å². The van der Waals surface area contributed by atoms with E-state index in [4.69, 9.17) is 5.73 Å². The Labute approximate surface area is 162 Å². The molecule has 26 heavy (non-hydrogen) atoms. The Morgan fingerprint density at radius 2 is 2.04 bits per heavy atom. The van der Waals surface area contributed by atoms with Crippen LogP contribution in [0, 0.1) is 5.92 Å². The summed E-state index contributed by atoms with van der Waals surface area (Å²) in [5, 5.41) is 9.62. The van der Waals surface area contributed by atoms with Gasteiger partial charge in [0.25, 0.3) is 5.91 Å². The molecule has 5 nitrogen and oxygen atoms in total. The zero-order valence-corrected chi connectivity index (χ0v) is 15.8. The van der Waals surface area contributed by atoms with Gasteiger partial charge in [-0.1, -0.05) is 24.3 Å². The van der Waals surface area contributed by atoms with Crippen molar-refractivity contribution in [2.45, 2.75) is 18.9 Å². The van der Waals surface area contributed by atoms with Gasteiger partial charge in [0.2, 0.25) is 0 Å². The Morgan fingerprint density at radius 3 is 2.69 bits per heavy atom. The Morgan fingerprint density at radius 1 is 1.27 bits per heavy atom. The highest BCUT2D eigenvalue weighted by Crippen LogP contribution is 2.31. The van der Waals surface area contributed by atoms with E-state index >= 15 is 0 Å². The maximum atomic E-state index is 12.7. The van der Waals surface area contributed by atoms with Crippen molar-refractivity contribution in [2.24, 2.45) is 11.7 Å². The number of carbonyl (C=O) groups is 1. The third-order valence-electron chi connectivity index (χ3n) is 4.46. The minimum atomic E-state index is -0.123. The summed E-state index contributed by atoms with van der Waals surface area (Å²) in [5.74, 6) is 0.436. The number of hydrogen-bond acceptors (Lipinski definition) is 4. The highest BCUT2D eigenvalue weighted by Gasteiger charge is 2.29. The number of nitrogens with zero attached hydrogens (tertiary/aromatic N) is 2. The van der Waals surface area contributed by atoms with Crippen molar-refractivity contribution < 1.29 is 4.79 Å². The SMILES string of the molecule is Cl.NC(CNC(=O)c1cn(-c2ccccc2)nc1-c1cccs1)C1CC1. The fraction of sp³-hybridized carbons (Fsp3) is 0.263. The lowest BCUT2D eigenvalue weighted by molar-refractivity contribution is 0.0951. The quantitative estimate of drug-likeness (QED) is 0.678. The zero-order chi connectivity index (χ0) is 17.2. The molecule has 7 heteroatoms. The van der Waals surface area contributed by atoms with Crippen LogP contribution in [0.2, 0.25) is 0 Å². The van der Waals surface area contributed by atoms with Gasteiger partial charge in [-0.05, 0) is 42.3 Å². The summed E-state index contributed by atoms with van der Waals surface area (Å²) in [6.07, 6.45) is 4.13. The van der Waals surface area contributed by atoms with Gasteiger partial charge >= 0.3 is 0 Å². The van der Waals surface area contributed by atoms with Crippen molar-refractivity contribution in [3.63, 3.8) is 0 Å². The van der Waals surface area contributed by atoms with Crippen molar-refractivity contribution >= 4 is 29.7 Å². The molecule has 2 aromatic heterocycles. The number of benzene rings is 1. The summed E-state index contributed by atoms with van der Waals surface area (Å²) in [4.78, 5) is 13.7. The molecule has 0 saturated heterocycles. The molecule has 136 valence electrons. The maximum Gasteiger partial charge on any atom is 0.255 e. The molecule has 1 saturated carbocycles. The van der Waals surface area contributed by atoms with Crippen molar-refractivity contribution in [3.8, 4) is 16.3 Å². The van der Waals surface area contributed by atoms with Gasteiger partial charge < -0.3 is 11.1 Å². The fourth-order valence-electron chi connectivity index (χ4n) is 2.85. The first-order valence-electron chi connectivity index (χ1n) is 8.45. The molecular formula is C19H21ClN4OS. The molecule has 3 N–H and O–H groups in total. The molecule has 1 aliphatic rings. The number of aromatic nitrogens is 2. The molecule has 0 spiro atoms. The molecule has 0 bridgehead atoms. The van der Waals surface area contributed by atoms with Gasteiger partial charge in [0.1, 0.15) is 5.69 Å². The predicted molar refractivity (Wildman–Crippen MR) is 107 cm³/mol. The van der Waals surface area contributed by atoms with Gasteiger partial charge in [0.05, 0.1) is 16.1 Å². The van der Waals surface area contributed by atoms with Crippen LogP contribution in [0.1, 0.15) is 23.2 Å². The number of amides is 1. The van der Waals surface area contributed by atoms with Crippen LogP contribution in [0.25, 0.3) is 16.3 Å². The largest absolute Gasteiger partial charge is 0.350 e. The summed E-state index contributed by atoms with van der Waals surface area (Å²) in [7, 11) is 0. The van der Waals surface area contributed by atoms with E-state index < -0.39 is 0 Å². The molecule has 1 aromatic carbocycles. The lowest BCUT2D eigenvalue weighted by atomic mass is 10.1. The lowest BCUT2D eigenvalue weighted by Crippen LogP contribution is -2.38. The van der Waals surface area contributed by atoms with Crippen LogP contribution < -0.4 is 11.1 Å². The first-order valence-corrected chi connectivity index (χ1v) is 9.33. The van der Waals surface area contributed by atoms with E-state index in [9.17, 15) is 4.79 Å². The van der Waals surface area contributed by atoms with Crippen LogP contribution in [0.3, 0.4) is 0 Å². The van der Waals surface area contributed by atoms with Crippen LogP contribution in [0.5, 0.6) is 0 Å². The van der Waals surface area contributed by atoms with Crippen LogP contribution in [0.4, 0.5) is 0 Å². The third-order valence-corrected chi connectivity index (χ3v) is 5.34. The van der Waals surface area contributed by atoms with E-state index in [-0.39, 0.29) is 24.4 Å². The molecule has 0 aliphatic heterocycles. The number of nitrogens with two attached hydrogens (primary N) is 1. The van der Waals surface area contributed by atoms with Crippen LogP contribution in [-0.4, -0.2) is 28.3 Å². The number of hydrogen-bond donors (Lipinski definition) is 2. The van der Waals surface area contributed by atoms with Gasteiger partial charge in [-0.2, -0.15) is 5.10 Å². The second kappa shape index (κ2) is 8.03. The van der Waals surface area contributed by atoms with Gasteiger partial charge in [0.15, 0.2) is 0 Å². The van der Waals surface area contributed by atoms with Gasteiger partial charge in [0, 0.05) is 18.8 Å². The van der Waals surface area contributed by atoms with E-state index in [0.717, 1.165) is 10.6 Å². The molecule has 2 heterocycles. The summed E-state index contributed by atoms with van der Waals surface area (Å²) >= 11 is 1.57. The molecule has 1 fully saturated rings. The summed E-state index contributed by atoms with van der Waals surface area (Å²) in [6, 6.07) is 13.8. The first kappa shape index (κ1) is 18.6. The Kier molecular flexibility index (Phi) is 5.76. The van der Waals surface area contributed by atoms with Crippen molar-refractivity contribution in [3.05, 3.63) is 59.6 Å². The molecule has 3 aromatic rings. The van der Waals surface area contributed by atoms with Crippen molar-refractivity contribution in [1.29, 1.82) is 0 Å². The first-order chi connectivity index (χ1) is 12.2. The number of halogens is 1. The second-order valence-electron chi connectivity index (χ2n) is 6.36. The van der Waals surface area contributed by atoms with E-state index in [0.29, 0.717) is 23.7 Å². The summed E-state index contributed by atoms with van der Waals surface area (Å²) in [6.45, 7) is 0.504. The number of carbonyl (C=O) groups excluding carboxylic acids is 1. The van der Waals surface area contributed by atoms with E-state index in [1.807, 2.05) is 47.8 Å². The van der Waals surface area contributed by atoms with E-state index in [2.05, 4.69) is 10.4 Å². The highest BCUT2D eigenvalue weighted by molar-refractivity contribution is 7.13. The minimum absolute atomic E-state index is 0. The molecule has 1 aliphatic carbocycles. The third kappa shape index (κ3) is 3.98. The Hall–Kier alpha value is -2.15. The Balaban J connectivity index is 0.00000196. The highest BCUT2D eigenvalue weighted by atomic mass is 35.5. The van der Waals surface area contributed by atoms with Crippen molar-refractivity contribution in [1.82, 2.24) is 15.1 Å². The van der Waals surface area contributed by atoms with E-state index in [1.165, 1.54) is 12.8 Å². The molecule has 4 rings (SSSR count). The standard InChI is InChI=1S/C19H20N4OS.ClH/c20-16(13-8-9-13)11-21-19(24)15-12-23(14-5-2-1-3-6-14)22-18(15)17-7-4-10-25-17;/h1-7,10,12-13,16H,8-9,11,20H2,(H,21,24);1H. The average molecular weight is 389 g/mol. The molecule has 1 atom stereocenters. The smallest absolute Gasteiger partial charge is 0.255 e. The topological polar surface area (TPSA) is 72.9 Å². The zero-order valence-electron chi connectivity index (χ0n) is 14.2. The molecule has 0 radical (unpaired) electrons. The second-order valence-corrected chi connectivity index (χ2v) is 7.31. The van der Waals surface area contributed by atoms with Crippen LogP contribution in [0.15, 0.2) is 54.0 Å². The number of nitrogens with one attached hydrogen (secondary N) is 1.